The molecule has 6 heteroatoms. The third-order valence-corrected chi connectivity index (χ3v) is 3.15. The first-order chi connectivity index (χ1) is 10.9. The van der Waals surface area contributed by atoms with E-state index in [0.717, 1.165) is 0 Å². The van der Waals surface area contributed by atoms with Crippen molar-refractivity contribution in [2.75, 3.05) is 19.7 Å². The Balaban J connectivity index is 2.35. The van der Waals surface area contributed by atoms with Crippen LogP contribution < -0.4 is 4.74 Å². The van der Waals surface area contributed by atoms with Gasteiger partial charge in [0.15, 0.2) is 0 Å². The molecule has 0 saturated carbocycles. The second-order valence-electron chi connectivity index (χ2n) is 5.78. The fraction of sp³-hybridized carbons (Fsp3) is 0.529. The van der Waals surface area contributed by atoms with E-state index in [2.05, 4.69) is 0 Å². The average molecular weight is 325 g/mol. The van der Waals surface area contributed by atoms with Gasteiger partial charge in [0.1, 0.15) is 11.6 Å². The van der Waals surface area contributed by atoms with Crippen LogP contribution in [-0.2, 0) is 9.59 Å². The van der Waals surface area contributed by atoms with Crippen molar-refractivity contribution in [2.45, 2.75) is 33.1 Å². The molecular formula is C17H24FNO4. The van der Waals surface area contributed by atoms with E-state index < -0.39 is 5.97 Å². The highest BCUT2D eigenvalue weighted by atomic mass is 19.1. The Morgan fingerprint density at radius 1 is 1.22 bits per heavy atom. The van der Waals surface area contributed by atoms with Gasteiger partial charge in [-0.1, -0.05) is 13.8 Å². The minimum Gasteiger partial charge on any atom is -0.494 e. The normalized spacial score (nSPS) is 10.6. The van der Waals surface area contributed by atoms with Crippen molar-refractivity contribution >= 4 is 11.9 Å². The minimum absolute atomic E-state index is 0.0511. The zero-order valence-corrected chi connectivity index (χ0v) is 13.6. The van der Waals surface area contributed by atoms with Crippen LogP contribution in [0.1, 0.15) is 33.1 Å². The molecule has 0 saturated heterocycles. The molecule has 1 aromatic carbocycles. The van der Waals surface area contributed by atoms with Crippen LogP contribution in [0.4, 0.5) is 4.39 Å². The summed E-state index contributed by atoms with van der Waals surface area (Å²) in [6.07, 6.45) is 0.774. The third-order valence-electron chi connectivity index (χ3n) is 3.15. The number of benzene rings is 1. The molecule has 1 N–H and O–H groups in total. The lowest BCUT2D eigenvalue weighted by molar-refractivity contribution is -0.138. The molecule has 128 valence electrons. The molecule has 0 aromatic heterocycles. The van der Waals surface area contributed by atoms with Crippen LogP contribution in [0.2, 0.25) is 0 Å². The Kier molecular flexibility index (Phi) is 8.08. The number of hydrogen-bond donors (Lipinski definition) is 1. The summed E-state index contributed by atoms with van der Waals surface area (Å²) in [6.45, 7) is 5.10. The number of aliphatic carboxylic acids is 1. The molecule has 0 heterocycles. The van der Waals surface area contributed by atoms with Crippen LogP contribution in [0, 0.1) is 11.7 Å². The van der Waals surface area contributed by atoms with Gasteiger partial charge in [-0.25, -0.2) is 4.39 Å². The number of amides is 1. The fourth-order valence-corrected chi connectivity index (χ4v) is 2.09. The van der Waals surface area contributed by atoms with Gasteiger partial charge in [0.25, 0.3) is 0 Å². The van der Waals surface area contributed by atoms with Crippen LogP contribution in [0.3, 0.4) is 0 Å². The number of carboxylic acid groups (broad SMARTS) is 1. The quantitative estimate of drug-likeness (QED) is 0.672. The maximum atomic E-state index is 12.8. The fourth-order valence-electron chi connectivity index (χ4n) is 2.09. The van der Waals surface area contributed by atoms with Crippen LogP contribution >= 0.6 is 0 Å². The Bertz CT molecular complexity index is 502. The SMILES string of the molecule is CC(C)CN(CCC(=O)O)C(=O)CCCOc1ccc(F)cc1. The lowest BCUT2D eigenvalue weighted by Crippen LogP contribution is -2.36. The Morgan fingerprint density at radius 2 is 1.87 bits per heavy atom. The van der Waals surface area contributed by atoms with Crippen molar-refractivity contribution in [3.63, 3.8) is 0 Å². The smallest absolute Gasteiger partial charge is 0.305 e. The van der Waals surface area contributed by atoms with E-state index in [-0.39, 0.29) is 30.6 Å². The van der Waals surface area contributed by atoms with Crippen LogP contribution in [0.15, 0.2) is 24.3 Å². The number of nitrogens with zero attached hydrogens (tertiary/aromatic N) is 1. The van der Waals surface area contributed by atoms with Gasteiger partial charge in [-0.15, -0.1) is 0 Å². The van der Waals surface area contributed by atoms with Crippen molar-refractivity contribution in [3.05, 3.63) is 30.1 Å². The highest BCUT2D eigenvalue weighted by molar-refractivity contribution is 5.77. The number of hydrogen-bond acceptors (Lipinski definition) is 3. The molecule has 0 aliphatic carbocycles. The van der Waals surface area contributed by atoms with E-state index in [0.29, 0.717) is 31.7 Å². The van der Waals surface area contributed by atoms with E-state index in [1.165, 1.54) is 24.3 Å². The second kappa shape index (κ2) is 9.82. The van der Waals surface area contributed by atoms with Crippen molar-refractivity contribution in [1.82, 2.24) is 4.90 Å². The second-order valence-corrected chi connectivity index (χ2v) is 5.78. The van der Waals surface area contributed by atoms with Gasteiger partial charge in [0.2, 0.25) is 5.91 Å². The molecule has 0 unspecified atom stereocenters. The van der Waals surface area contributed by atoms with E-state index >= 15 is 0 Å². The summed E-state index contributed by atoms with van der Waals surface area (Å²) in [6, 6.07) is 5.71. The summed E-state index contributed by atoms with van der Waals surface area (Å²) < 4.78 is 18.2. The first-order valence-corrected chi connectivity index (χ1v) is 7.76. The minimum atomic E-state index is -0.911. The van der Waals surface area contributed by atoms with Crippen molar-refractivity contribution in [1.29, 1.82) is 0 Å². The van der Waals surface area contributed by atoms with Crippen molar-refractivity contribution in [3.8, 4) is 5.75 Å². The van der Waals surface area contributed by atoms with Crippen LogP contribution in [-0.4, -0.2) is 41.6 Å². The summed E-state index contributed by atoms with van der Waals surface area (Å²) in [5.74, 6) is -0.462. The molecule has 0 spiro atoms. The van der Waals surface area contributed by atoms with Gasteiger partial charge < -0.3 is 14.7 Å². The maximum Gasteiger partial charge on any atom is 0.305 e. The largest absolute Gasteiger partial charge is 0.494 e. The lowest BCUT2D eigenvalue weighted by Gasteiger charge is -2.24. The molecule has 23 heavy (non-hydrogen) atoms. The highest BCUT2D eigenvalue weighted by Gasteiger charge is 2.15. The number of carbonyl (C=O) groups excluding carboxylic acids is 1. The van der Waals surface area contributed by atoms with Gasteiger partial charge >= 0.3 is 5.97 Å². The third kappa shape index (κ3) is 8.18. The van der Waals surface area contributed by atoms with E-state index in [9.17, 15) is 14.0 Å². The number of halogens is 1. The van der Waals surface area contributed by atoms with Gasteiger partial charge in [-0.05, 0) is 36.6 Å². The molecule has 0 aliphatic heterocycles. The summed E-state index contributed by atoms with van der Waals surface area (Å²) in [5, 5.41) is 8.75. The lowest BCUT2D eigenvalue weighted by atomic mass is 10.2. The zero-order chi connectivity index (χ0) is 17.2. The van der Waals surface area contributed by atoms with Crippen LogP contribution in [0.5, 0.6) is 5.75 Å². The predicted molar refractivity (Wildman–Crippen MR) is 84.8 cm³/mol. The Hall–Kier alpha value is -2.11. The standard InChI is InChI=1S/C17H24FNO4/c1-13(2)12-19(10-9-17(21)22)16(20)4-3-11-23-15-7-5-14(18)6-8-15/h5-8,13H,3-4,9-12H2,1-2H3,(H,21,22). The number of carboxylic acids is 1. The predicted octanol–water partition coefficient (Wildman–Crippen LogP) is 2.94. The molecule has 1 aromatic rings. The van der Waals surface area contributed by atoms with Crippen LogP contribution in [0.25, 0.3) is 0 Å². The van der Waals surface area contributed by atoms with Gasteiger partial charge in [-0.2, -0.15) is 0 Å². The molecule has 0 aliphatic rings. The van der Waals surface area contributed by atoms with Gasteiger partial charge in [-0.3, -0.25) is 9.59 Å². The monoisotopic (exact) mass is 325 g/mol. The molecule has 0 fully saturated rings. The Morgan fingerprint density at radius 3 is 2.43 bits per heavy atom. The molecule has 5 nitrogen and oxygen atoms in total. The number of ether oxygens (including phenoxy) is 1. The zero-order valence-electron chi connectivity index (χ0n) is 13.6. The molecule has 0 atom stereocenters. The molecule has 0 bridgehead atoms. The maximum absolute atomic E-state index is 12.8. The first kappa shape index (κ1) is 18.9. The van der Waals surface area contributed by atoms with E-state index in [1.54, 1.807) is 4.90 Å². The summed E-state index contributed by atoms with van der Waals surface area (Å²) >= 11 is 0. The van der Waals surface area contributed by atoms with Gasteiger partial charge in [0, 0.05) is 19.5 Å². The highest BCUT2D eigenvalue weighted by Crippen LogP contribution is 2.12. The summed E-state index contributed by atoms with van der Waals surface area (Å²) in [7, 11) is 0. The molecule has 0 radical (unpaired) electrons. The van der Waals surface area contributed by atoms with Gasteiger partial charge in [0.05, 0.1) is 13.0 Å². The van der Waals surface area contributed by atoms with Crippen molar-refractivity contribution < 1.29 is 23.8 Å². The van der Waals surface area contributed by atoms with E-state index in [4.69, 9.17) is 9.84 Å². The summed E-state index contributed by atoms with van der Waals surface area (Å²) in [4.78, 5) is 24.4. The number of carbonyl (C=O) groups is 2. The first-order valence-electron chi connectivity index (χ1n) is 7.76. The van der Waals surface area contributed by atoms with Crippen molar-refractivity contribution in [2.24, 2.45) is 5.92 Å². The molecule has 1 rings (SSSR count). The average Bonchev–Trinajstić information content (AvgIpc) is 2.49. The van der Waals surface area contributed by atoms with E-state index in [1.807, 2.05) is 13.8 Å². The number of rotatable bonds is 10. The topological polar surface area (TPSA) is 66.8 Å². The Labute approximate surface area is 136 Å². The molecular weight excluding hydrogens is 301 g/mol. The molecule has 1 amide bonds. The summed E-state index contributed by atoms with van der Waals surface area (Å²) in [5.41, 5.74) is 0.